The molecule has 0 amide bonds. The van der Waals surface area contributed by atoms with Crippen LogP contribution in [0.25, 0.3) is 0 Å². The molecule has 0 bridgehead atoms. The first-order valence-electron chi connectivity index (χ1n) is 10.1. The minimum Gasteiger partial charge on any atom is -0.508 e. The van der Waals surface area contributed by atoms with Gasteiger partial charge in [0.25, 0.3) is 0 Å². The zero-order valence-corrected chi connectivity index (χ0v) is 15.8. The molecular formula is C25H25NO2. The highest BCUT2D eigenvalue weighted by atomic mass is 16.5. The van der Waals surface area contributed by atoms with Crippen molar-refractivity contribution in [3.63, 3.8) is 0 Å². The zero-order chi connectivity index (χ0) is 18.9. The van der Waals surface area contributed by atoms with Crippen LogP contribution in [0.1, 0.15) is 40.5 Å². The molecule has 142 valence electrons. The Labute approximate surface area is 166 Å². The predicted octanol–water partition coefficient (Wildman–Crippen LogP) is 4.60. The van der Waals surface area contributed by atoms with E-state index in [9.17, 15) is 5.11 Å². The summed E-state index contributed by atoms with van der Waals surface area (Å²) in [6, 6.07) is 25.3. The standard InChI is InChI=1S/C25H25NO2/c27-20-9-13-24-19(14-20)8-12-23(17-4-2-1-3-5-17)25(24)18-6-10-21(11-7-18)28-22-15-26-16-22/h1-7,9-11,13-14,22-23,25-27H,8,12,15-16H2/t23-,25+/m1/s1. The van der Waals surface area contributed by atoms with Crippen molar-refractivity contribution < 1.29 is 9.84 Å². The monoisotopic (exact) mass is 371 g/mol. The first kappa shape index (κ1) is 17.3. The smallest absolute Gasteiger partial charge is 0.123 e. The number of aromatic hydroxyl groups is 1. The molecule has 2 atom stereocenters. The lowest BCUT2D eigenvalue weighted by Crippen LogP contribution is -2.50. The van der Waals surface area contributed by atoms with E-state index < -0.39 is 0 Å². The number of hydrogen-bond acceptors (Lipinski definition) is 3. The van der Waals surface area contributed by atoms with Gasteiger partial charge in [-0.2, -0.15) is 0 Å². The van der Waals surface area contributed by atoms with Crippen LogP contribution in [0.15, 0.2) is 72.8 Å². The van der Waals surface area contributed by atoms with Gasteiger partial charge in [-0.1, -0.05) is 48.5 Å². The van der Waals surface area contributed by atoms with Crippen LogP contribution in [0, 0.1) is 0 Å². The summed E-state index contributed by atoms with van der Waals surface area (Å²) in [5.74, 6) is 2.01. The van der Waals surface area contributed by atoms with Gasteiger partial charge in [0.15, 0.2) is 0 Å². The quantitative estimate of drug-likeness (QED) is 0.704. The largest absolute Gasteiger partial charge is 0.508 e. The van der Waals surface area contributed by atoms with Crippen LogP contribution < -0.4 is 10.1 Å². The molecule has 0 radical (unpaired) electrons. The topological polar surface area (TPSA) is 41.5 Å². The van der Waals surface area contributed by atoms with Crippen LogP contribution in [0.3, 0.4) is 0 Å². The lowest BCUT2D eigenvalue weighted by molar-refractivity contribution is 0.142. The van der Waals surface area contributed by atoms with Gasteiger partial charge in [0.05, 0.1) is 0 Å². The van der Waals surface area contributed by atoms with Crippen molar-refractivity contribution in [2.45, 2.75) is 30.8 Å². The zero-order valence-electron chi connectivity index (χ0n) is 15.8. The second-order valence-corrected chi connectivity index (χ2v) is 7.88. The third-order valence-electron chi connectivity index (χ3n) is 6.10. The van der Waals surface area contributed by atoms with Crippen molar-refractivity contribution in [1.82, 2.24) is 5.32 Å². The van der Waals surface area contributed by atoms with Gasteiger partial charge in [-0.3, -0.25) is 0 Å². The van der Waals surface area contributed by atoms with E-state index >= 15 is 0 Å². The molecule has 0 aromatic heterocycles. The number of phenols is 1. The molecule has 3 heteroatoms. The van der Waals surface area contributed by atoms with Crippen molar-refractivity contribution in [3.8, 4) is 11.5 Å². The highest BCUT2D eigenvalue weighted by Crippen LogP contribution is 2.47. The van der Waals surface area contributed by atoms with Gasteiger partial charge in [0.1, 0.15) is 17.6 Å². The Kier molecular flexibility index (Phi) is 4.53. The SMILES string of the molecule is Oc1ccc2c(c1)CC[C@H](c1ccccc1)[C@@H]2c1ccc(OC2CNC2)cc1. The Hall–Kier alpha value is -2.78. The first-order chi connectivity index (χ1) is 13.8. The number of benzene rings is 3. The minimum absolute atomic E-state index is 0.283. The summed E-state index contributed by atoms with van der Waals surface area (Å²) in [7, 11) is 0. The Morgan fingerprint density at radius 1 is 0.857 bits per heavy atom. The molecule has 2 aliphatic rings. The summed E-state index contributed by atoms with van der Waals surface area (Å²) in [4.78, 5) is 0. The predicted molar refractivity (Wildman–Crippen MR) is 111 cm³/mol. The molecule has 0 spiro atoms. The fourth-order valence-electron chi connectivity index (χ4n) is 4.57. The molecule has 3 nitrogen and oxygen atoms in total. The Bertz CT molecular complexity index is 948. The summed E-state index contributed by atoms with van der Waals surface area (Å²) >= 11 is 0. The van der Waals surface area contributed by atoms with Gasteiger partial charge in [0.2, 0.25) is 0 Å². The fourth-order valence-corrected chi connectivity index (χ4v) is 4.57. The van der Waals surface area contributed by atoms with Gasteiger partial charge >= 0.3 is 0 Å². The maximum atomic E-state index is 9.96. The molecule has 0 unspecified atom stereocenters. The van der Waals surface area contributed by atoms with E-state index in [0.717, 1.165) is 31.7 Å². The Morgan fingerprint density at radius 3 is 2.36 bits per heavy atom. The van der Waals surface area contributed by atoms with Crippen LogP contribution in [0.5, 0.6) is 11.5 Å². The highest BCUT2D eigenvalue weighted by Gasteiger charge is 2.32. The second-order valence-electron chi connectivity index (χ2n) is 7.88. The van der Waals surface area contributed by atoms with Crippen molar-refractivity contribution in [1.29, 1.82) is 0 Å². The second kappa shape index (κ2) is 7.33. The third kappa shape index (κ3) is 3.27. The summed E-state index contributed by atoms with van der Waals surface area (Å²) in [5, 5.41) is 13.2. The number of hydrogen-bond donors (Lipinski definition) is 2. The maximum Gasteiger partial charge on any atom is 0.123 e. The molecule has 3 aromatic carbocycles. The number of phenolic OH excluding ortho intramolecular Hbond substituents is 1. The van der Waals surface area contributed by atoms with Crippen LogP contribution >= 0.6 is 0 Å². The third-order valence-corrected chi connectivity index (χ3v) is 6.10. The Morgan fingerprint density at radius 2 is 1.64 bits per heavy atom. The summed E-state index contributed by atoms with van der Waals surface area (Å²) in [5.41, 5.74) is 5.28. The van der Waals surface area contributed by atoms with Crippen molar-refractivity contribution in [3.05, 3.63) is 95.1 Å². The van der Waals surface area contributed by atoms with Crippen LogP contribution in [0.4, 0.5) is 0 Å². The molecule has 3 aromatic rings. The summed E-state index contributed by atoms with van der Waals surface area (Å²) in [6.07, 6.45) is 2.37. The summed E-state index contributed by atoms with van der Waals surface area (Å²) < 4.78 is 5.99. The molecule has 1 saturated heterocycles. The van der Waals surface area contributed by atoms with E-state index in [-0.39, 0.29) is 5.92 Å². The minimum atomic E-state index is 0.283. The molecule has 28 heavy (non-hydrogen) atoms. The normalized spacial score (nSPS) is 21.6. The van der Waals surface area contributed by atoms with E-state index in [4.69, 9.17) is 4.74 Å². The van der Waals surface area contributed by atoms with E-state index in [1.165, 1.54) is 22.3 Å². The van der Waals surface area contributed by atoms with Gasteiger partial charge in [-0.15, -0.1) is 0 Å². The lowest BCUT2D eigenvalue weighted by atomic mass is 9.69. The van der Waals surface area contributed by atoms with Crippen molar-refractivity contribution >= 4 is 0 Å². The molecule has 2 N–H and O–H groups in total. The molecule has 1 heterocycles. The number of rotatable bonds is 4. The molecule has 1 aliphatic heterocycles. The van der Waals surface area contributed by atoms with Crippen molar-refractivity contribution in [2.24, 2.45) is 0 Å². The molecule has 5 rings (SSSR count). The van der Waals surface area contributed by atoms with Gasteiger partial charge in [0, 0.05) is 19.0 Å². The molecular weight excluding hydrogens is 346 g/mol. The van der Waals surface area contributed by atoms with E-state index in [1.54, 1.807) is 0 Å². The van der Waals surface area contributed by atoms with E-state index in [1.807, 2.05) is 12.1 Å². The van der Waals surface area contributed by atoms with Crippen LogP contribution in [-0.2, 0) is 6.42 Å². The first-order valence-corrected chi connectivity index (χ1v) is 10.1. The Balaban J connectivity index is 1.52. The number of fused-ring (bicyclic) bond motifs is 1. The maximum absolute atomic E-state index is 9.96. The van der Waals surface area contributed by atoms with Gasteiger partial charge in [-0.05, 0) is 65.3 Å². The lowest BCUT2D eigenvalue weighted by Gasteiger charge is -2.35. The average molecular weight is 371 g/mol. The van der Waals surface area contributed by atoms with Gasteiger partial charge < -0.3 is 15.2 Å². The van der Waals surface area contributed by atoms with Crippen molar-refractivity contribution in [2.75, 3.05) is 13.1 Å². The number of nitrogens with one attached hydrogen (secondary N) is 1. The highest BCUT2D eigenvalue weighted by molar-refractivity contribution is 5.48. The number of aryl methyl sites for hydroxylation is 1. The molecule has 1 fully saturated rings. The van der Waals surface area contributed by atoms with Crippen LogP contribution in [0.2, 0.25) is 0 Å². The summed E-state index contributed by atoms with van der Waals surface area (Å²) in [6.45, 7) is 1.86. The van der Waals surface area contributed by atoms with Gasteiger partial charge in [-0.25, -0.2) is 0 Å². The fraction of sp³-hybridized carbons (Fsp3) is 0.280. The average Bonchev–Trinajstić information content (AvgIpc) is 2.71. The van der Waals surface area contributed by atoms with E-state index in [0.29, 0.717) is 17.8 Å². The molecule has 1 aliphatic carbocycles. The number of ether oxygens (including phenoxy) is 1. The molecule has 0 saturated carbocycles. The van der Waals surface area contributed by atoms with E-state index in [2.05, 4.69) is 66.0 Å². The van der Waals surface area contributed by atoms with Crippen LogP contribution in [-0.4, -0.2) is 24.3 Å².